The highest BCUT2D eigenvalue weighted by Crippen LogP contribution is 2.09. The lowest BCUT2D eigenvalue weighted by molar-refractivity contribution is 0.0686. The number of aromatic carboxylic acids is 2. The molecule has 0 saturated heterocycles. The molecule has 0 amide bonds. The molecule has 0 aliphatic heterocycles. The summed E-state index contributed by atoms with van der Waals surface area (Å²) in [5.74, 6) is -1.78. The number of aliphatic hydroxyl groups excluding tert-OH is 2. The van der Waals surface area contributed by atoms with Gasteiger partial charge in [-0.1, -0.05) is 0 Å². The largest absolute Gasteiger partial charge is 0.478 e. The third kappa shape index (κ3) is 12.1. The number of carboxylic acids is 2. The number of rotatable bonds is 8. The number of aliphatic hydroxyl groups is 2. The lowest BCUT2D eigenvalue weighted by Gasteiger charge is -2.01. The van der Waals surface area contributed by atoms with E-state index in [4.69, 9.17) is 20.4 Å². The molecule has 2 rings (SSSR count). The number of carbonyl (C=O) groups is 2. The smallest absolute Gasteiger partial charge is 0.335 e. The first-order valence-electron chi connectivity index (χ1n) is 9.25. The Labute approximate surface area is 170 Å². The van der Waals surface area contributed by atoms with E-state index < -0.39 is 11.9 Å². The normalized spacial score (nSPS) is 9.24. The zero-order chi connectivity index (χ0) is 22.1. The van der Waals surface area contributed by atoms with E-state index in [1.54, 1.807) is 48.5 Å². The van der Waals surface area contributed by atoms with Crippen LogP contribution in [0.3, 0.4) is 0 Å². The molecule has 0 atom stereocenters. The highest BCUT2D eigenvalue weighted by molar-refractivity contribution is 5.88. The van der Waals surface area contributed by atoms with Gasteiger partial charge in [0.25, 0.3) is 0 Å². The summed E-state index contributed by atoms with van der Waals surface area (Å²) in [6, 6.07) is 13.4. The Morgan fingerprint density at radius 2 is 1.00 bits per heavy atom. The summed E-state index contributed by atoms with van der Waals surface area (Å²) in [5, 5.41) is 39.1. The van der Waals surface area contributed by atoms with Crippen LogP contribution in [0, 0.1) is 0 Å². The molecule has 2 aromatic carbocycles. The van der Waals surface area contributed by atoms with Crippen LogP contribution in [0.1, 0.15) is 41.0 Å². The third-order valence-electron chi connectivity index (χ3n) is 3.34. The summed E-state index contributed by atoms with van der Waals surface area (Å²) in [5.41, 5.74) is 2.53. The number of nitrogens with one attached hydrogen (secondary N) is 2. The number of carboxylic acid groups (broad SMARTS) is 2. The van der Waals surface area contributed by atoms with E-state index in [-0.39, 0.29) is 13.2 Å². The molecule has 0 unspecified atom stereocenters. The van der Waals surface area contributed by atoms with Crippen LogP contribution in [-0.2, 0) is 0 Å². The molecule has 0 bridgehead atoms. The quantitative estimate of drug-likeness (QED) is 0.393. The van der Waals surface area contributed by atoms with Gasteiger partial charge in [-0.25, -0.2) is 9.59 Å². The van der Waals surface area contributed by atoms with Crippen LogP contribution in [-0.4, -0.2) is 58.7 Å². The van der Waals surface area contributed by atoms with Gasteiger partial charge in [-0.2, -0.15) is 0 Å². The highest BCUT2D eigenvalue weighted by atomic mass is 16.4. The minimum absolute atomic E-state index is 0.0938. The van der Waals surface area contributed by atoms with Crippen molar-refractivity contribution in [2.24, 2.45) is 0 Å². The third-order valence-corrected chi connectivity index (χ3v) is 3.34. The summed E-state index contributed by atoms with van der Waals surface area (Å²) in [6.07, 6.45) is 0.500. The second kappa shape index (κ2) is 15.9. The molecule has 160 valence electrons. The van der Waals surface area contributed by atoms with E-state index in [0.29, 0.717) is 17.5 Å². The second-order valence-electron chi connectivity index (χ2n) is 5.63. The fourth-order valence-corrected chi connectivity index (χ4v) is 1.94. The minimum Gasteiger partial charge on any atom is -0.478 e. The summed E-state index contributed by atoms with van der Waals surface area (Å²) in [7, 11) is 0. The van der Waals surface area contributed by atoms with Crippen molar-refractivity contribution in [3.8, 4) is 0 Å². The van der Waals surface area contributed by atoms with E-state index in [1.807, 2.05) is 13.8 Å². The van der Waals surface area contributed by atoms with E-state index in [0.717, 1.165) is 24.5 Å². The van der Waals surface area contributed by atoms with Crippen molar-refractivity contribution in [2.75, 3.05) is 36.9 Å². The van der Waals surface area contributed by atoms with Crippen molar-refractivity contribution in [1.29, 1.82) is 0 Å². The highest BCUT2D eigenvalue weighted by Gasteiger charge is 2.00. The molecule has 0 saturated carbocycles. The van der Waals surface area contributed by atoms with E-state index in [2.05, 4.69) is 10.6 Å². The fraction of sp³-hybridized carbons (Fsp3) is 0.333. The first-order chi connectivity index (χ1) is 13.9. The van der Waals surface area contributed by atoms with Gasteiger partial charge in [0.2, 0.25) is 0 Å². The number of hydrogen-bond acceptors (Lipinski definition) is 6. The Morgan fingerprint density at radius 3 is 1.17 bits per heavy atom. The molecule has 8 heteroatoms. The zero-order valence-corrected chi connectivity index (χ0v) is 16.8. The summed E-state index contributed by atoms with van der Waals surface area (Å²) < 4.78 is 0. The van der Waals surface area contributed by atoms with Gasteiger partial charge in [-0.15, -0.1) is 0 Å². The molecular weight excluding hydrogens is 376 g/mol. The predicted octanol–water partition coefficient (Wildman–Crippen LogP) is 2.99. The van der Waals surface area contributed by atoms with Gasteiger partial charge >= 0.3 is 11.9 Å². The van der Waals surface area contributed by atoms with Crippen molar-refractivity contribution in [3.05, 3.63) is 59.7 Å². The van der Waals surface area contributed by atoms with Crippen molar-refractivity contribution < 1.29 is 30.0 Å². The fourth-order valence-electron chi connectivity index (χ4n) is 1.94. The molecule has 8 nitrogen and oxygen atoms in total. The van der Waals surface area contributed by atoms with Crippen molar-refractivity contribution >= 4 is 23.3 Å². The first-order valence-corrected chi connectivity index (χ1v) is 9.25. The molecular formula is C21H30N2O6. The number of hydrogen-bond donors (Lipinski definition) is 6. The molecule has 29 heavy (non-hydrogen) atoms. The van der Waals surface area contributed by atoms with Crippen molar-refractivity contribution in [1.82, 2.24) is 0 Å². The number of benzene rings is 2. The molecule has 6 N–H and O–H groups in total. The van der Waals surface area contributed by atoms with Crippen molar-refractivity contribution in [2.45, 2.75) is 20.3 Å². The zero-order valence-electron chi connectivity index (χ0n) is 16.8. The lowest BCUT2D eigenvalue weighted by Crippen LogP contribution is -1.98. The standard InChI is InChI=1S/2C9H11NO2.C3H8O2/c2*1-2-10-8-5-3-7(4-6-8)9(11)12;4-2-1-3-5/h2*3-6,10H,2H2,1H3,(H,11,12);4-5H,1-3H2. The van der Waals surface area contributed by atoms with Crippen LogP contribution in [0.25, 0.3) is 0 Å². The van der Waals surface area contributed by atoms with Crippen LogP contribution in [0.15, 0.2) is 48.5 Å². The Kier molecular flexibility index (Phi) is 14.2. The maximum absolute atomic E-state index is 10.4. The van der Waals surface area contributed by atoms with E-state index >= 15 is 0 Å². The number of anilines is 2. The van der Waals surface area contributed by atoms with Gasteiger partial charge in [-0.05, 0) is 68.8 Å². The van der Waals surface area contributed by atoms with E-state index in [1.165, 1.54) is 0 Å². The Bertz CT molecular complexity index is 641. The van der Waals surface area contributed by atoms with Crippen LogP contribution in [0.4, 0.5) is 11.4 Å². The summed E-state index contributed by atoms with van der Waals surface area (Å²) in [4.78, 5) is 20.9. The SMILES string of the molecule is CCNc1ccc(C(=O)O)cc1.CCNc1ccc(C(=O)O)cc1.OCCCO. The van der Waals surface area contributed by atoms with Crippen LogP contribution in [0.5, 0.6) is 0 Å². The topological polar surface area (TPSA) is 139 Å². The second-order valence-corrected chi connectivity index (χ2v) is 5.63. The van der Waals surface area contributed by atoms with Gasteiger partial charge in [-0.3, -0.25) is 0 Å². The van der Waals surface area contributed by atoms with Crippen LogP contribution < -0.4 is 10.6 Å². The van der Waals surface area contributed by atoms with Gasteiger partial charge in [0, 0.05) is 37.7 Å². The molecule has 0 spiro atoms. The Balaban J connectivity index is 0.000000442. The van der Waals surface area contributed by atoms with Gasteiger partial charge < -0.3 is 31.1 Å². The van der Waals surface area contributed by atoms with E-state index in [9.17, 15) is 9.59 Å². The lowest BCUT2D eigenvalue weighted by atomic mass is 10.2. The molecule has 2 aromatic rings. The van der Waals surface area contributed by atoms with Gasteiger partial charge in [0.15, 0.2) is 0 Å². The Morgan fingerprint density at radius 1 is 0.690 bits per heavy atom. The van der Waals surface area contributed by atoms with Crippen LogP contribution >= 0.6 is 0 Å². The molecule has 0 fully saturated rings. The first kappa shape index (κ1) is 25.9. The molecule has 0 aliphatic carbocycles. The van der Waals surface area contributed by atoms with Crippen molar-refractivity contribution in [3.63, 3.8) is 0 Å². The van der Waals surface area contributed by atoms with Crippen LogP contribution in [0.2, 0.25) is 0 Å². The maximum atomic E-state index is 10.4. The molecule has 0 radical (unpaired) electrons. The molecule has 0 heterocycles. The molecule has 0 aromatic heterocycles. The summed E-state index contributed by atoms with van der Waals surface area (Å²) in [6.45, 7) is 5.85. The average molecular weight is 406 g/mol. The monoisotopic (exact) mass is 406 g/mol. The summed E-state index contributed by atoms with van der Waals surface area (Å²) >= 11 is 0. The van der Waals surface area contributed by atoms with Gasteiger partial charge in [0.05, 0.1) is 11.1 Å². The maximum Gasteiger partial charge on any atom is 0.335 e. The van der Waals surface area contributed by atoms with Gasteiger partial charge in [0.1, 0.15) is 0 Å². The predicted molar refractivity (Wildman–Crippen MR) is 114 cm³/mol. The Hall–Kier alpha value is -3.10. The average Bonchev–Trinajstić information content (AvgIpc) is 2.71. The molecule has 0 aliphatic rings. The minimum atomic E-state index is -0.891.